The Labute approximate surface area is 132 Å². The quantitative estimate of drug-likeness (QED) is 0.733. The summed E-state index contributed by atoms with van der Waals surface area (Å²) >= 11 is 3.36. The predicted molar refractivity (Wildman–Crippen MR) is 85.3 cm³/mol. The van der Waals surface area contributed by atoms with Crippen LogP contribution in [0.15, 0.2) is 22.7 Å². The van der Waals surface area contributed by atoms with Crippen molar-refractivity contribution in [3.05, 3.63) is 28.2 Å². The summed E-state index contributed by atoms with van der Waals surface area (Å²) < 4.78 is 0.640. The van der Waals surface area contributed by atoms with E-state index in [1.807, 2.05) is 24.0 Å². The Morgan fingerprint density at radius 1 is 1.52 bits per heavy atom. The minimum absolute atomic E-state index is 0.000185. The number of benzene rings is 1. The number of amides is 2. The smallest absolute Gasteiger partial charge is 0.249 e. The molecule has 4 N–H and O–H groups in total. The predicted octanol–water partition coefficient (Wildman–Crippen LogP) is 0.462. The van der Waals surface area contributed by atoms with Crippen LogP contribution in [0.25, 0.3) is 0 Å². The molecule has 1 atom stereocenters. The summed E-state index contributed by atoms with van der Waals surface area (Å²) in [5, 5.41) is 6.08. The van der Waals surface area contributed by atoms with Crippen LogP contribution < -0.4 is 21.3 Å². The molecule has 0 spiro atoms. The second-order valence-electron chi connectivity index (χ2n) is 4.84. The Bertz CT molecular complexity index is 550. The standard InChI is InChI=1S/C14H19BrN4O2/c1-2-18-14(21)12-8-17-5-6-19(12)9-3-4-10(13(16)20)11(15)7-9/h3-4,7,12,17H,2,5-6,8H2,1H3,(H2,16,20)(H,18,21). The molecule has 6 nitrogen and oxygen atoms in total. The van der Waals surface area contributed by atoms with Crippen molar-refractivity contribution in [1.82, 2.24) is 10.6 Å². The Morgan fingerprint density at radius 2 is 2.29 bits per heavy atom. The van der Waals surface area contributed by atoms with Gasteiger partial charge >= 0.3 is 0 Å². The summed E-state index contributed by atoms with van der Waals surface area (Å²) in [7, 11) is 0. The van der Waals surface area contributed by atoms with Gasteiger partial charge in [0.05, 0.1) is 5.56 Å². The summed E-state index contributed by atoms with van der Waals surface area (Å²) in [5.74, 6) is -0.478. The molecule has 1 aromatic rings. The van der Waals surface area contributed by atoms with E-state index >= 15 is 0 Å². The van der Waals surface area contributed by atoms with Crippen molar-refractivity contribution in [3.8, 4) is 0 Å². The average molecular weight is 355 g/mol. The highest BCUT2D eigenvalue weighted by molar-refractivity contribution is 9.10. The van der Waals surface area contributed by atoms with Gasteiger partial charge in [0, 0.05) is 36.3 Å². The second-order valence-corrected chi connectivity index (χ2v) is 5.69. The fourth-order valence-corrected chi connectivity index (χ4v) is 2.98. The molecule has 1 aliphatic rings. The first-order chi connectivity index (χ1) is 10.0. The van der Waals surface area contributed by atoms with Crippen LogP contribution in [0.3, 0.4) is 0 Å². The molecule has 0 bridgehead atoms. The number of carbonyl (C=O) groups excluding carboxylic acids is 2. The van der Waals surface area contributed by atoms with E-state index in [2.05, 4.69) is 26.6 Å². The molecule has 1 unspecified atom stereocenters. The van der Waals surface area contributed by atoms with Crippen molar-refractivity contribution in [2.45, 2.75) is 13.0 Å². The zero-order valence-electron chi connectivity index (χ0n) is 11.9. The molecule has 1 aromatic carbocycles. The maximum absolute atomic E-state index is 12.2. The lowest BCUT2D eigenvalue weighted by atomic mass is 10.1. The van der Waals surface area contributed by atoms with Gasteiger partial charge in [-0.3, -0.25) is 9.59 Å². The highest BCUT2D eigenvalue weighted by atomic mass is 79.9. The first kappa shape index (κ1) is 15.8. The van der Waals surface area contributed by atoms with Crippen LogP contribution in [0.5, 0.6) is 0 Å². The Hall–Kier alpha value is -1.60. The number of rotatable bonds is 4. The SMILES string of the molecule is CCNC(=O)C1CNCCN1c1ccc(C(N)=O)c(Br)c1. The van der Waals surface area contributed by atoms with Gasteiger partial charge in [0.15, 0.2) is 0 Å². The minimum Gasteiger partial charge on any atom is -0.366 e. The van der Waals surface area contributed by atoms with Gasteiger partial charge in [-0.05, 0) is 41.1 Å². The number of hydrogen-bond acceptors (Lipinski definition) is 4. The van der Waals surface area contributed by atoms with Gasteiger partial charge in [-0.2, -0.15) is 0 Å². The van der Waals surface area contributed by atoms with E-state index in [-0.39, 0.29) is 11.9 Å². The highest BCUT2D eigenvalue weighted by Gasteiger charge is 2.28. The number of hydrogen-bond donors (Lipinski definition) is 3. The monoisotopic (exact) mass is 354 g/mol. The van der Waals surface area contributed by atoms with Gasteiger partial charge < -0.3 is 21.3 Å². The van der Waals surface area contributed by atoms with Crippen LogP contribution >= 0.6 is 15.9 Å². The topological polar surface area (TPSA) is 87.5 Å². The molecule has 21 heavy (non-hydrogen) atoms. The fourth-order valence-electron chi connectivity index (χ4n) is 2.42. The van der Waals surface area contributed by atoms with E-state index in [1.54, 1.807) is 6.07 Å². The summed E-state index contributed by atoms with van der Waals surface area (Å²) in [5.41, 5.74) is 6.63. The van der Waals surface area contributed by atoms with Crippen LogP contribution in [0.1, 0.15) is 17.3 Å². The van der Waals surface area contributed by atoms with E-state index in [0.29, 0.717) is 23.1 Å². The number of piperazine rings is 1. The lowest BCUT2D eigenvalue weighted by molar-refractivity contribution is -0.122. The molecular formula is C14H19BrN4O2. The van der Waals surface area contributed by atoms with Crippen molar-refractivity contribution >= 4 is 33.4 Å². The number of nitrogens with two attached hydrogens (primary N) is 1. The third kappa shape index (κ3) is 3.54. The van der Waals surface area contributed by atoms with E-state index in [1.165, 1.54) is 0 Å². The number of nitrogens with zero attached hydrogens (tertiary/aromatic N) is 1. The summed E-state index contributed by atoms with van der Waals surface area (Å²) in [6, 6.07) is 5.07. The number of primary amides is 1. The van der Waals surface area contributed by atoms with Crippen molar-refractivity contribution < 1.29 is 9.59 Å². The van der Waals surface area contributed by atoms with Gasteiger partial charge in [-0.25, -0.2) is 0 Å². The number of halogens is 1. The fraction of sp³-hybridized carbons (Fsp3) is 0.429. The second kappa shape index (κ2) is 6.91. The average Bonchev–Trinajstić information content (AvgIpc) is 2.47. The normalized spacial score (nSPS) is 18.4. The molecule has 1 fully saturated rings. The lowest BCUT2D eigenvalue weighted by Crippen LogP contribution is -2.58. The molecule has 0 saturated carbocycles. The van der Waals surface area contributed by atoms with Crippen LogP contribution in [0.4, 0.5) is 5.69 Å². The highest BCUT2D eigenvalue weighted by Crippen LogP contribution is 2.26. The van der Waals surface area contributed by atoms with Crippen molar-refractivity contribution in [1.29, 1.82) is 0 Å². The van der Waals surface area contributed by atoms with Gasteiger partial charge in [-0.15, -0.1) is 0 Å². The third-order valence-corrected chi connectivity index (χ3v) is 4.10. The van der Waals surface area contributed by atoms with Crippen LogP contribution in [-0.4, -0.2) is 44.0 Å². The van der Waals surface area contributed by atoms with Crippen molar-refractivity contribution in [2.75, 3.05) is 31.1 Å². The van der Waals surface area contributed by atoms with E-state index in [9.17, 15) is 9.59 Å². The van der Waals surface area contributed by atoms with Crippen LogP contribution in [0.2, 0.25) is 0 Å². The van der Waals surface area contributed by atoms with E-state index in [4.69, 9.17) is 5.73 Å². The minimum atomic E-state index is -0.478. The molecule has 1 heterocycles. The van der Waals surface area contributed by atoms with Crippen LogP contribution in [-0.2, 0) is 4.79 Å². The molecule has 114 valence electrons. The zero-order valence-corrected chi connectivity index (χ0v) is 13.4. The molecule has 7 heteroatoms. The molecule has 2 rings (SSSR count). The van der Waals surface area contributed by atoms with Crippen LogP contribution in [0, 0.1) is 0 Å². The Balaban J connectivity index is 2.27. The van der Waals surface area contributed by atoms with E-state index < -0.39 is 5.91 Å². The molecular weight excluding hydrogens is 336 g/mol. The zero-order chi connectivity index (χ0) is 15.4. The number of anilines is 1. The van der Waals surface area contributed by atoms with Gasteiger partial charge in [0.1, 0.15) is 6.04 Å². The lowest BCUT2D eigenvalue weighted by Gasteiger charge is -2.37. The summed E-state index contributed by atoms with van der Waals surface area (Å²) in [4.78, 5) is 25.5. The number of likely N-dealkylation sites (N-methyl/N-ethyl adjacent to an activating group) is 1. The Kier molecular flexibility index (Phi) is 5.19. The van der Waals surface area contributed by atoms with Gasteiger partial charge in [0.2, 0.25) is 11.8 Å². The first-order valence-electron chi connectivity index (χ1n) is 6.89. The van der Waals surface area contributed by atoms with Crippen molar-refractivity contribution in [3.63, 3.8) is 0 Å². The van der Waals surface area contributed by atoms with Gasteiger partial charge in [0.25, 0.3) is 0 Å². The molecule has 0 aromatic heterocycles. The Morgan fingerprint density at radius 3 is 2.90 bits per heavy atom. The summed E-state index contributed by atoms with van der Waals surface area (Å²) in [6.07, 6.45) is 0. The number of carbonyl (C=O) groups is 2. The summed E-state index contributed by atoms with van der Waals surface area (Å²) in [6.45, 7) is 4.64. The maximum atomic E-state index is 12.2. The maximum Gasteiger partial charge on any atom is 0.249 e. The molecule has 0 aliphatic carbocycles. The number of nitrogens with one attached hydrogen (secondary N) is 2. The van der Waals surface area contributed by atoms with Gasteiger partial charge in [-0.1, -0.05) is 0 Å². The molecule has 1 aliphatic heterocycles. The third-order valence-electron chi connectivity index (χ3n) is 3.45. The molecule has 2 amide bonds. The van der Waals surface area contributed by atoms with Crippen molar-refractivity contribution in [2.24, 2.45) is 5.73 Å². The largest absolute Gasteiger partial charge is 0.366 e. The molecule has 1 saturated heterocycles. The molecule has 0 radical (unpaired) electrons. The van der Waals surface area contributed by atoms with E-state index in [0.717, 1.165) is 18.8 Å². The first-order valence-corrected chi connectivity index (χ1v) is 7.68.